The fraction of sp³-hybridized carbons (Fsp3) is 0.206. The summed E-state index contributed by atoms with van der Waals surface area (Å²) in [7, 11) is -3.99. The van der Waals surface area contributed by atoms with Crippen LogP contribution in [0, 0.1) is 16.7 Å². The van der Waals surface area contributed by atoms with Crippen LogP contribution in [-0.2, 0) is 44.8 Å². The molecule has 4 aromatic rings. The van der Waals surface area contributed by atoms with Crippen molar-refractivity contribution in [3.63, 3.8) is 0 Å². The van der Waals surface area contributed by atoms with Gasteiger partial charge in [-0.15, -0.1) is 0 Å². The molecule has 11 nitrogen and oxygen atoms in total. The average molecular weight is 638 g/mol. The fourth-order valence-corrected chi connectivity index (χ4v) is 6.10. The monoisotopic (exact) mass is 637 g/mol. The van der Waals surface area contributed by atoms with Crippen molar-refractivity contribution in [2.24, 2.45) is 5.73 Å². The number of carbonyl (C=O) groups excluding carboxylic acids is 2. The number of pyridine rings is 1. The highest BCUT2D eigenvalue weighted by Gasteiger charge is 2.29. The smallest absolute Gasteiger partial charge is 0.242 e. The third kappa shape index (κ3) is 10.4. The average Bonchev–Trinajstić information content (AvgIpc) is 3.06. The second kappa shape index (κ2) is 16.1. The Morgan fingerprint density at radius 2 is 1.54 bits per heavy atom. The van der Waals surface area contributed by atoms with Gasteiger partial charge in [0.15, 0.2) is 0 Å². The summed E-state index contributed by atoms with van der Waals surface area (Å²) < 4.78 is 29.0. The lowest BCUT2D eigenvalue weighted by Gasteiger charge is -2.23. The Bertz CT molecular complexity index is 1790. The molecule has 0 fully saturated rings. The van der Waals surface area contributed by atoms with E-state index in [1.54, 1.807) is 91.3 Å². The number of amidine groups is 1. The van der Waals surface area contributed by atoms with Crippen LogP contribution in [0.4, 0.5) is 0 Å². The molecule has 2 amide bonds. The summed E-state index contributed by atoms with van der Waals surface area (Å²) in [5.74, 6) is -1.54. The van der Waals surface area contributed by atoms with Crippen molar-refractivity contribution >= 4 is 27.7 Å². The zero-order chi connectivity index (χ0) is 32.9. The summed E-state index contributed by atoms with van der Waals surface area (Å²) in [5, 5.41) is 22.5. The van der Waals surface area contributed by atoms with E-state index in [0.717, 1.165) is 11.1 Å². The molecule has 12 heteroatoms. The van der Waals surface area contributed by atoms with Crippen LogP contribution in [-0.4, -0.2) is 43.1 Å². The van der Waals surface area contributed by atoms with Crippen molar-refractivity contribution < 1.29 is 18.0 Å². The lowest BCUT2D eigenvalue weighted by molar-refractivity contribution is -0.130. The number of hydrogen-bond donors (Lipinski definition) is 5. The maximum atomic E-state index is 13.8. The van der Waals surface area contributed by atoms with Gasteiger partial charge in [0.25, 0.3) is 0 Å². The standard InChI is InChI=1S/C34H35N7O4S/c35-21-28-8-4-7-27(19-28)20-31(41-46(44,45)23-26-5-2-1-3-6-26)34(43)40-30(14-11-24-15-17-38-18-16-24)33(42)39-22-25-9-12-29(13-10-25)32(36)37/h1-10,12-13,15-19,30-31,41H,11,14,20,22-23H2,(H3,36,37)(H,39,42)(H,40,43)/t30-,31-/m1/s1. The van der Waals surface area contributed by atoms with Crippen LogP contribution in [0.25, 0.3) is 0 Å². The number of carbonyl (C=O) groups is 2. The summed E-state index contributed by atoms with van der Waals surface area (Å²) in [6.07, 6.45) is 3.92. The largest absolute Gasteiger partial charge is 0.384 e. The second-order valence-electron chi connectivity index (χ2n) is 10.7. The summed E-state index contributed by atoms with van der Waals surface area (Å²) >= 11 is 0. The highest BCUT2D eigenvalue weighted by Crippen LogP contribution is 2.12. The lowest BCUT2D eigenvalue weighted by Crippen LogP contribution is -2.54. The van der Waals surface area contributed by atoms with Crippen molar-refractivity contribution in [2.75, 3.05) is 0 Å². The van der Waals surface area contributed by atoms with Gasteiger partial charge < -0.3 is 16.4 Å². The molecule has 0 bridgehead atoms. The number of sulfonamides is 1. The number of benzene rings is 3. The topological polar surface area (TPSA) is 191 Å². The Labute approximate surface area is 268 Å². The summed E-state index contributed by atoms with van der Waals surface area (Å²) in [6, 6.07) is 25.4. The number of nitrogens with one attached hydrogen (secondary N) is 4. The molecule has 0 unspecified atom stereocenters. The zero-order valence-electron chi connectivity index (χ0n) is 25.0. The highest BCUT2D eigenvalue weighted by atomic mass is 32.2. The van der Waals surface area contributed by atoms with Gasteiger partial charge in [-0.1, -0.05) is 66.7 Å². The van der Waals surface area contributed by atoms with Crippen molar-refractivity contribution in [1.29, 1.82) is 10.7 Å². The number of aromatic nitrogens is 1. The van der Waals surface area contributed by atoms with Crippen LogP contribution in [0.15, 0.2) is 103 Å². The minimum Gasteiger partial charge on any atom is -0.384 e. The first kappa shape index (κ1) is 33.5. The molecule has 0 radical (unpaired) electrons. The molecule has 46 heavy (non-hydrogen) atoms. The van der Waals surface area contributed by atoms with E-state index in [1.807, 2.05) is 12.1 Å². The minimum atomic E-state index is -3.99. The van der Waals surface area contributed by atoms with E-state index in [9.17, 15) is 23.3 Å². The number of nitrogens with two attached hydrogens (primary N) is 1. The number of nitrogen functional groups attached to an aromatic ring is 1. The van der Waals surface area contributed by atoms with E-state index >= 15 is 0 Å². The molecule has 0 spiro atoms. The molecule has 6 N–H and O–H groups in total. The number of aryl methyl sites for hydroxylation is 1. The first-order chi connectivity index (χ1) is 22.1. The second-order valence-corrected chi connectivity index (χ2v) is 12.5. The third-order valence-corrected chi connectivity index (χ3v) is 8.53. The fourth-order valence-electron chi connectivity index (χ4n) is 4.76. The zero-order valence-corrected chi connectivity index (χ0v) is 25.8. The molecule has 1 aromatic heterocycles. The predicted molar refractivity (Wildman–Crippen MR) is 175 cm³/mol. The highest BCUT2D eigenvalue weighted by molar-refractivity contribution is 7.88. The van der Waals surface area contributed by atoms with E-state index in [4.69, 9.17) is 11.1 Å². The molecule has 0 aliphatic heterocycles. The molecule has 0 aliphatic carbocycles. The van der Waals surface area contributed by atoms with Crippen LogP contribution in [0.3, 0.4) is 0 Å². The Morgan fingerprint density at radius 3 is 2.22 bits per heavy atom. The summed E-state index contributed by atoms with van der Waals surface area (Å²) in [5.41, 5.74) is 9.26. The Kier molecular flexibility index (Phi) is 11.7. The van der Waals surface area contributed by atoms with E-state index < -0.39 is 33.9 Å². The van der Waals surface area contributed by atoms with Crippen LogP contribution >= 0.6 is 0 Å². The molecular formula is C34H35N7O4S. The first-order valence-electron chi connectivity index (χ1n) is 14.5. The van der Waals surface area contributed by atoms with Crippen molar-refractivity contribution in [1.82, 2.24) is 20.3 Å². The third-order valence-electron chi connectivity index (χ3n) is 7.17. The molecule has 0 aliphatic rings. The summed E-state index contributed by atoms with van der Waals surface area (Å²) in [4.78, 5) is 31.3. The molecule has 4 rings (SSSR count). The maximum Gasteiger partial charge on any atom is 0.242 e. The molecule has 0 saturated carbocycles. The summed E-state index contributed by atoms with van der Waals surface area (Å²) in [6.45, 7) is 0.159. The SMILES string of the molecule is N#Cc1cccc(C[C@@H](NS(=O)(=O)Cc2ccccc2)C(=O)N[C@H](CCc2ccncc2)C(=O)NCc2ccc(C(=N)N)cc2)c1. The van der Waals surface area contributed by atoms with E-state index in [2.05, 4.69) is 26.4 Å². The lowest BCUT2D eigenvalue weighted by atomic mass is 10.0. The van der Waals surface area contributed by atoms with Gasteiger partial charge in [0.1, 0.15) is 17.9 Å². The predicted octanol–water partition coefficient (Wildman–Crippen LogP) is 2.70. The van der Waals surface area contributed by atoms with Gasteiger partial charge >= 0.3 is 0 Å². The normalized spacial score (nSPS) is 12.3. The van der Waals surface area contributed by atoms with Crippen LogP contribution < -0.4 is 21.1 Å². The molecular weight excluding hydrogens is 602 g/mol. The van der Waals surface area contributed by atoms with Gasteiger partial charge in [0, 0.05) is 24.5 Å². The Balaban J connectivity index is 1.54. The molecule has 1 heterocycles. The number of nitriles is 1. The van der Waals surface area contributed by atoms with Crippen molar-refractivity contribution in [3.8, 4) is 6.07 Å². The molecule has 236 valence electrons. The van der Waals surface area contributed by atoms with Crippen molar-refractivity contribution in [3.05, 3.63) is 137 Å². The van der Waals surface area contributed by atoms with Gasteiger partial charge in [0.2, 0.25) is 21.8 Å². The molecule has 3 aromatic carbocycles. The van der Waals surface area contributed by atoms with Gasteiger partial charge in [-0.05, 0) is 65.8 Å². The van der Waals surface area contributed by atoms with Crippen LogP contribution in [0.2, 0.25) is 0 Å². The number of hydrogen-bond acceptors (Lipinski definition) is 7. The van der Waals surface area contributed by atoms with Crippen LogP contribution in [0.5, 0.6) is 0 Å². The van der Waals surface area contributed by atoms with E-state index in [-0.39, 0.29) is 31.0 Å². The van der Waals surface area contributed by atoms with Crippen molar-refractivity contribution in [2.45, 2.75) is 43.6 Å². The number of rotatable bonds is 15. The minimum absolute atomic E-state index is 0.0451. The van der Waals surface area contributed by atoms with Gasteiger partial charge in [-0.3, -0.25) is 20.0 Å². The van der Waals surface area contributed by atoms with E-state index in [0.29, 0.717) is 28.7 Å². The van der Waals surface area contributed by atoms with Gasteiger partial charge in [-0.2, -0.15) is 5.26 Å². The maximum absolute atomic E-state index is 13.8. The molecule has 2 atom stereocenters. The quantitative estimate of drug-likeness (QED) is 0.0977. The van der Waals surface area contributed by atoms with Crippen LogP contribution in [0.1, 0.15) is 39.8 Å². The Hall–Kier alpha value is -5.38. The first-order valence-corrected chi connectivity index (χ1v) is 16.2. The number of amides is 2. The van der Waals surface area contributed by atoms with E-state index in [1.165, 1.54) is 0 Å². The Morgan fingerprint density at radius 1 is 0.848 bits per heavy atom. The van der Waals surface area contributed by atoms with Gasteiger partial charge in [0.05, 0.1) is 17.4 Å². The number of nitrogens with zero attached hydrogens (tertiary/aromatic N) is 2. The molecule has 0 saturated heterocycles. The van der Waals surface area contributed by atoms with Gasteiger partial charge in [-0.25, -0.2) is 13.1 Å².